The lowest BCUT2D eigenvalue weighted by molar-refractivity contribution is -0.154. The van der Waals surface area contributed by atoms with Gasteiger partial charge in [-0.2, -0.15) is 8.42 Å². The lowest BCUT2D eigenvalue weighted by atomic mass is 9.83. The van der Waals surface area contributed by atoms with Crippen LogP contribution in [-0.4, -0.2) is 111 Å². The Morgan fingerprint density at radius 2 is 1.45 bits per heavy atom. The number of hydrogen-bond donors (Lipinski definition) is 2. The average molecular weight is 1060 g/mol. The highest BCUT2D eigenvalue weighted by molar-refractivity contribution is 7.85. The van der Waals surface area contributed by atoms with Gasteiger partial charge in [-0.3, -0.25) is 18.7 Å². The number of likely N-dealkylation sites (N-methyl/N-ethyl adjacent to an activating group) is 2. The van der Waals surface area contributed by atoms with Crippen molar-refractivity contribution in [2.75, 3.05) is 58.1 Å². The highest BCUT2D eigenvalue weighted by Gasteiger charge is 2.37. The molecule has 2 amide bonds. The van der Waals surface area contributed by atoms with Crippen LogP contribution in [0.2, 0.25) is 0 Å². The van der Waals surface area contributed by atoms with Gasteiger partial charge in [-0.1, -0.05) is 18.6 Å². The van der Waals surface area contributed by atoms with Gasteiger partial charge in [0.2, 0.25) is 5.36 Å². The standard InChI is InChI=1S/C56H77N4O12PS/c1-36-34-55(9,10)59(14)45-32-47-43(30-40(36)45)50(44-31-41-37(2)35-56(11,12)60(15)46(41)33-48(44)70-47)39-23-22-38(29-42(39)51(62)58(13)25-28-74(65,66)67)73(64,68-26-19-16-17-21-49(61)71-53(3,4)5)69-27-20-18-24-57-52(63)72-54(6,7)8/h22-23,29-35H,16-21,24-28H2,1-15H3,(H-,57,63,65,66,67)/p+1. The minimum Gasteiger partial charge on any atom is -0.460 e. The summed E-state index contributed by atoms with van der Waals surface area (Å²) >= 11 is 0. The Balaban J connectivity index is 1.51. The van der Waals surface area contributed by atoms with Gasteiger partial charge in [-0.05, 0) is 142 Å². The molecule has 3 aromatic rings. The summed E-state index contributed by atoms with van der Waals surface area (Å²) in [5.74, 6) is -0.529. The maximum Gasteiger partial charge on any atom is 0.407 e. The van der Waals surface area contributed by atoms with Crippen molar-refractivity contribution < 1.29 is 55.2 Å². The number of rotatable bonds is 19. The first kappa shape index (κ1) is 57.9. The first-order chi connectivity index (χ1) is 34.2. The summed E-state index contributed by atoms with van der Waals surface area (Å²) in [5, 5.41) is 4.48. The Morgan fingerprint density at radius 3 is 2.08 bits per heavy atom. The molecule has 3 aliphatic rings. The summed E-state index contributed by atoms with van der Waals surface area (Å²) in [6.07, 6.45) is 6.42. The van der Waals surface area contributed by atoms with Crippen molar-refractivity contribution in [3.8, 4) is 11.5 Å². The van der Waals surface area contributed by atoms with Gasteiger partial charge in [-0.25, -0.2) is 9.37 Å². The first-order valence-corrected chi connectivity index (χ1v) is 28.6. The van der Waals surface area contributed by atoms with Gasteiger partial charge in [0.05, 0.1) is 35.9 Å². The van der Waals surface area contributed by atoms with Crippen molar-refractivity contribution in [2.24, 2.45) is 0 Å². The molecule has 1 atom stereocenters. The highest BCUT2D eigenvalue weighted by Crippen LogP contribution is 2.50. The lowest BCUT2D eigenvalue weighted by Crippen LogP contribution is -2.47. The number of hydrogen-bond acceptors (Lipinski definition) is 12. The molecule has 0 radical (unpaired) electrons. The zero-order valence-electron chi connectivity index (χ0n) is 46.1. The van der Waals surface area contributed by atoms with Crippen molar-refractivity contribution in [3.63, 3.8) is 0 Å². The van der Waals surface area contributed by atoms with Gasteiger partial charge >= 0.3 is 19.7 Å². The molecule has 0 bridgehead atoms. The molecule has 3 aliphatic heterocycles. The summed E-state index contributed by atoms with van der Waals surface area (Å²) in [6, 6.07) is 13.1. The molecule has 16 nitrogen and oxygen atoms in total. The van der Waals surface area contributed by atoms with Gasteiger partial charge in [0.15, 0.2) is 5.54 Å². The van der Waals surface area contributed by atoms with E-state index in [1.807, 2.05) is 47.0 Å². The molecule has 0 aliphatic carbocycles. The third-order valence-corrected chi connectivity index (χ3v) is 16.1. The molecule has 0 saturated carbocycles. The van der Waals surface area contributed by atoms with Crippen molar-refractivity contribution in [1.82, 2.24) is 14.8 Å². The van der Waals surface area contributed by atoms with Crippen LogP contribution in [0, 0.1) is 0 Å². The van der Waals surface area contributed by atoms with Crippen LogP contribution in [0.1, 0.15) is 154 Å². The maximum absolute atomic E-state index is 15.4. The van der Waals surface area contributed by atoms with Crippen LogP contribution in [-0.2, 0) is 38.0 Å². The monoisotopic (exact) mass is 1060 g/mol. The second-order valence-electron chi connectivity index (χ2n) is 22.7. The fraction of sp³-hybridized carbons (Fsp3) is 0.536. The van der Waals surface area contributed by atoms with Gasteiger partial charge < -0.3 is 38.4 Å². The molecule has 3 aromatic carbocycles. The Labute approximate surface area is 438 Å². The number of alkyl carbamates (subject to hydrolysis) is 1. The highest BCUT2D eigenvalue weighted by atomic mass is 32.2. The molecule has 0 saturated heterocycles. The first-order valence-electron chi connectivity index (χ1n) is 25.4. The fourth-order valence-electron chi connectivity index (χ4n) is 9.35. The van der Waals surface area contributed by atoms with E-state index in [1.54, 1.807) is 32.9 Å². The van der Waals surface area contributed by atoms with Gasteiger partial charge in [-0.15, -0.1) is 0 Å². The summed E-state index contributed by atoms with van der Waals surface area (Å²) in [5.41, 5.74) is 5.01. The molecule has 404 valence electrons. The summed E-state index contributed by atoms with van der Waals surface area (Å²) in [7, 11) is -3.18. The van der Waals surface area contributed by atoms with E-state index < -0.39 is 46.7 Å². The Kier molecular flexibility index (Phi) is 17.3. The van der Waals surface area contributed by atoms with Crippen LogP contribution in [0.25, 0.3) is 16.7 Å². The zero-order valence-corrected chi connectivity index (χ0v) is 47.8. The van der Waals surface area contributed by atoms with Crippen molar-refractivity contribution in [1.29, 1.82) is 0 Å². The number of carbonyl (C=O) groups is 3. The van der Waals surface area contributed by atoms with E-state index in [1.165, 1.54) is 18.0 Å². The second-order valence-corrected chi connectivity index (χ2v) is 26.3. The molecular formula is C56H78N4O12PS+. The van der Waals surface area contributed by atoms with E-state index in [0.717, 1.165) is 33.3 Å². The molecule has 6 rings (SSSR count). The quantitative estimate of drug-likeness (QED) is 0.0298. The van der Waals surface area contributed by atoms with Crippen molar-refractivity contribution in [3.05, 3.63) is 93.0 Å². The number of anilines is 1. The van der Waals surface area contributed by atoms with E-state index >= 15 is 9.36 Å². The number of amides is 2. The van der Waals surface area contributed by atoms with Crippen LogP contribution in [0.5, 0.6) is 11.5 Å². The van der Waals surface area contributed by atoms with Crippen LogP contribution in [0.3, 0.4) is 0 Å². The Morgan fingerprint density at radius 1 is 0.811 bits per heavy atom. The second kappa shape index (κ2) is 22.1. The molecule has 0 fully saturated rings. The van der Waals surface area contributed by atoms with Crippen LogP contribution < -0.4 is 35.4 Å². The average Bonchev–Trinajstić information content (AvgIpc) is 3.27. The lowest BCUT2D eigenvalue weighted by Gasteiger charge is -2.41. The molecule has 74 heavy (non-hydrogen) atoms. The van der Waals surface area contributed by atoms with Crippen molar-refractivity contribution in [2.45, 2.75) is 144 Å². The van der Waals surface area contributed by atoms with Gasteiger partial charge in [0.25, 0.3) is 16.0 Å². The van der Waals surface area contributed by atoms with Gasteiger partial charge in [0, 0.05) is 92.3 Å². The Hall–Kier alpha value is -5.32. The SMILES string of the molecule is CC1=CC(C)(C)N(C)c2cc3c(cc21)C(c1ccc(P(=O)(OCCCCCC(=O)OC(C)(C)C)OCCCCNC(=O)OC(C)(C)C)cc1C(=O)N(C)CCS(=O)(=O)O)=c1cc2c(cc1O3)=[N+](C)C(C)(C)C=C2C. The molecule has 18 heteroatoms. The van der Waals surface area contributed by atoms with Crippen LogP contribution >= 0.6 is 7.60 Å². The molecule has 1 unspecified atom stereocenters. The summed E-state index contributed by atoms with van der Waals surface area (Å²) < 4.78 is 81.7. The van der Waals surface area contributed by atoms with Crippen LogP contribution in [0.15, 0.2) is 54.6 Å². The topological polar surface area (TPSA) is 190 Å². The third-order valence-electron chi connectivity index (χ3n) is 13.5. The minimum absolute atomic E-state index is 0.00693. The third kappa shape index (κ3) is 13.9. The van der Waals surface area contributed by atoms with E-state index in [9.17, 15) is 22.6 Å². The predicted octanol–water partition coefficient (Wildman–Crippen LogP) is 9.01. The number of nitrogens with one attached hydrogen (secondary N) is 1. The number of esters is 1. The minimum atomic E-state index is -4.47. The van der Waals surface area contributed by atoms with E-state index in [0.29, 0.717) is 65.5 Å². The normalized spacial score (nSPS) is 16.6. The van der Waals surface area contributed by atoms with Crippen molar-refractivity contribution >= 4 is 63.4 Å². The number of carbonyl (C=O) groups excluding carboxylic acids is 3. The largest absolute Gasteiger partial charge is 0.460 e. The smallest absolute Gasteiger partial charge is 0.407 e. The van der Waals surface area contributed by atoms with Gasteiger partial charge in [0.1, 0.15) is 29.7 Å². The van der Waals surface area contributed by atoms with E-state index in [-0.39, 0.29) is 60.6 Å². The number of allylic oxidation sites excluding steroid dienone is 2. The van der Waals surface area contributed by atoms with E-state index in [2.05, 4.69) is 80.6 Å². The summed E-state index contributed by atoms with van der Waals surface area (Å²) in [6.45, 7) is 23.4. The molecular weight excluding hydrogens is 984 g/mol. The Bertz CT molecular complexity index is 3010. The number of nitrogens with zero attached hydrogens (tertiary/aromatic N) is 3. The number of ether oxygens (including phenoxy) is 3. The predicted molar refractivity (Wildman–Crippen MR) is 292 cm³/mol. The van der Waals surface area contributed by atoms with E-state index in [4.69, 9.17) is 23.3 Å². The maximum atomic E-state index is 15.4. The number of fused-ring (bicyclic) bond motifs is 4. The van der Waals surface area contributed by atoms with Crippen LogP contribution in [0.4, 0.5) is 10.5 Å². The molecule has 3 heterocycles. The molecule has 0 spiro atoms. The summed E-state index contributed by atoms with van der Waals surface area (Å²) in [4.78, 5) is 43.2. The molecule has 0 aromatic heterocycles. The number of unbranched alkanes of at least 4 members (excludes halogenated alkanes) is 3. The molecule has 2 N–H and O–H groups in total. The fourth-order valence-corrected chi connectivity index (χ4v) is 11.5. The zero-order chi connectivity index (χ0) is 54.9. The number of benzene rings is 3.